The van der Waals surface area contributed by atoms with Crippen molar-refractivity contribution in [3.8, 4) is 0 Å². The molecule has 1 aliphatic heterocycles. The number of para-hydroxylation sites is 1. The van der Waals surface area contributed by atoms with Gasteiger partial charge in [0.2, 0.25) is 0 Å². The number of hydrogen-bond donors (Lipinski definition) is 0. The highest BCUT2D eigenvalue weighted by Gasteiger charge is 2.23. The second-order valence-corrected chi connectivity index (χ2v) is 9.53. The zero-order valence-corrected chi connectivity index (χ0v) is 18.8. The van der Waals surface area contributed by atoms with Gasteiger partial charge in [-0.05, 0) is 29.8 Å². The first-order chi connectivity index (χ1) is 16.2. The Kier molecular flexibility index (Phi) is 5.04. The van der Waals surface area contributed by atoms with E-state index in [1.54, 1.807) is 6.07 Å². The van der Waals surface area contributed by atoms with E-state index in [0.29, 0.717) is 10.8 Å². The molecule has 1 saturated heterocycles. The van der Waals surface area contributed by atoms with Crippen molar-refractivity contribution in [1.82, 2.24) is 9.88 Å². The van der Waals surface area contributed by atoms with E-state index in [2.05, 4.69) is 34.1 Å². The summed E-state index contributed by atoms with van der Waals surface area (Å²) in [6.07, 6.45) is 0. The third kappa shape index (κ3) is 3.65. The molecule has 6 heteroatoms. The number of piperazine rings is 1. The van der Waals surface area contributed by atoms with E-state index < -0.39 is 0 Å². The zero-order chi connectivity index (χ0) is 22.4. The molecule has 1 fully saturated rings. The summed E-state index contributed by atoms with van der Waals surface area (Å²) in [7, 11) is 0. The lowest BCUT2D eigenvalue weighted by atomic mass is 10.1. The van der Waals surface area contributed by atoms with E-state index >= 15 is 0 Å². The summed E-state index contributed by atoms with van der Waals surface area (Å²) < 4.78 is 15.6. The van der Waals surface area contributed by atoms with Crippen molar-refractivity contribution in [1.29, 1.82) is 0 Å². The largest absolute Gasteiger partial charge is 0.353 e. The van der Waals surface area contributed by atoms with Gasteiger partial charge in [-0.25, -0.2) is 9.37 Å². The fraction of sp³-hybridized carbons (Fsp3) is 0.185. The Morgan fingerprint density at radius 2 is 1.64 bits per heavy atom. The lowest BCUT2D eigenvalue weighted by molar-refractivity contribution is 0.249. The smallest absolute Gasteiger partial charge is 0.196 e. The monoisotopic (exact) mass is 455 g/mol. The minimum atomic E-state index is -0.390. The van der Waals surface area contributed by atoms with Crippen LogP contribution in [0.5, 0.6) is 0 Å². The van der Waals surface area contributed by atoms with Gasteiger partial charge in [-0.1, -0.05) is 48.5 Å². The van der Waals surface area contributed by atoms with Crippen LogP contribution in [0.2, 0.25) is 0 Å². The van der Waals surface area contributed by atoms with Gasteiger partial charge in [-0.2, -0.15) is 0 Å². The normalized spacial score (nSPS) is 15.0. The molecule has 0 N–H and O–H groups in total. The molecule has 33 heavy (non-hydrogen) atoms. The van der Waals surface area contributed by atoms with Crippen LogP contribution in [0.4, 0.5) is 10.2 Å². The van der Waals surface area contributed by atoms with Gasteiger partial charge >= 0.3 is 0 Å². The Morgan fingerprint density at radius 3 is 2.45 bits per heavy atom. The Bertz CT molecular complexity index is 1540. The molecule has 6 rings (SSSR count). The highest BCUT2D eigenvalue weighted by molar-refractivity contribution is 7.25. The minimum absolute atomic E-state index is 0.124. The fourth-order valence-electron chi connectivity index (χ4n) is 4.69. The molecule has 3 aromatic carbocycles. The molecule has 0 saturated carbocycles. The number of anilines is 1. The molecule has 0 unspecified atom stereocenters. The van der Waals surface area contributed by atoms with Gasteiger partial charge < -0.3 is 4.90 Å². The number of halogens is 1. The second-order valence-electron chi connectivity index (χ2n) is 8.48. The summed E-state index contributed by atoms with van der Waals surface area (Å²) in [5.41, 5.74) is 1.99. The lowest BCUT2D eigenvalue weighted by Gasteiger charge is -2.36. The first-order valence-corrected chi connectivity index (χ1v) is 11.9. The quantitative estimate of drug-likeness (QED) is 0.269. The van der Waals surface area contributed by atoms with Gasteiger partial charge in [0.1, 0.15) is 11.6 Å². The van der Waals surface area contributed by atoms with Crippen LogP contribution in [0.1, 0.15) is 5.56 Å². The van der Waals surface area contributed by atoms with Crippen molar-refractivity contribution in [2.45, 2.75) is 6.54 Å². The van der Waals surface area contributed by atoms with Crippen molar-refractivity contribution in [3.63, 3.8) is 0 Å². The van der Waals surface area contributed by atoms with Crippen molar-refractivity contribution in [2.24, 2.45) is 0 Å². The van der Waals surface area contributed by atoms with E-state index in [1.165, 1.54) is 29.0 Å². The standard InChI is InChI=1S/C27H22FN3OS/c28-19-10-11-23-21(16-19)25(32)24-20-8-4-5-9-22(20)29-27(26(24)33-23)31-14-12-30(13-15-31)17-18-6-2-1-3-7-18/h1-11,16H,12-15,17H2. The molecule has 3 heterocycles. The predicted octanol–water partition coefficient (Wildman–Crippen LogP) is 5.42. The number of aromatic nitrogens is 1. The summed E-state index contributed by atoms with van der Waals surface area (Å²) >= 11 is 1.53. The van der Waals surface area contributed by atoms with Crippen LogP contribution < -0.4 is 10.3 Å². The average molecular weight is 456 g/mol. The number of nitrogens with zero attached hydrogens (tertiary/aromatic N) is 3. The first kappa shape index (κ1) is 20.3. The van der Waals surface area contributed by atoms with Crippen LogP contribution in [0.3, 0.4) is 0 Å². The van der Waals surface area contributed by atoms with Crippen molar-refractivity contribution in [2.75, 3.05) is 31.1 Å². The van der Waals surface area contributed by atoms with Gasteiger partial charge in [-0.3, -0.25) is 9.69 Å². The molecule has 1 aliphatic rings. The maximum atomic E-state index is 13.9. The molecule has 0 amide bonds. The highest BCUT2D eigenvalue weighted by atomic mass is 32.1. The average Bonchev–Trinajstić information content (AvgIpc) is 2.85. The fourth-order valence-corrected chi connectivity index (χ4v) is 5.88. The first-order valence-electron chi connectivity index (χ1n) is 11.1. The summed E-state index contributed by atoms with van der Waals surface area (Å²) in [5, 5.41) is 1.90. The van der Waals surface area contributed by atoms with Crippen LogP contribution in [0.15, 0.2) is 77.6 Å². The number of pyridine rings is 1. The Morgan fingerprint density at radius 1 is 0.879 bits per heavy atom. The van der Waals surface area contributed by atoms with Crippen LogP contribution in [0, 0.1) is 5.82 Å². The molecule has 4 nitrogen and oxygen atoms in total. The zero-order valence-electron chi connectivity index (χ0n) is 18.0. The highest BCUT2D eigenvalue weighted by Crippen LogP contribution is 2.36. The summed E-state index contributed by atoms with van der Waals surface area (Å²) in [5.74, 6) is 0.468. The molecule has 0 aliphatic carbocycles. The van der Waals surface area contributed by atoms with E-state index in [1.807, 2.05) is 30.3 Å². The molecule has 0 bridgehead atoms. The molecule has 0 atom stereocenters. The molecule has 0 spiro atoms. The molecule has 5 aromatic rings. The predicted molar refractivity (Wildman–Crippen MR) is 135 cm³/mol. The maximum absolute atomic E-state index is 13.9. The molecule has 0 radical (unpaired) electrons. The van der Waals surface area contributed by atoms with E-state index in [4.69, 9.17) is 4.98 Å². The number of fused-ring (bicyclic) bond motifs is 4. The van der Waals surface area contributed by atoms with E-state index in [9.17, 15) is 9.18 Å². The molecule has 164 valence electrons. The molecular formula is C27H22FN3OS. The van der Waals surface area contributed by atoms with Gasteiger partial charge in [-0.15, -0.1) is 11.3 Å². The third-order valence-electron chi connectivity index (χ3n) is 6.38. The van der Waals surface area contributed by atoms with Gasteiger partial charge in [0.25, 0.3) is 0 Å². The Labute approximate surface area is 194 Å². The summed E-state index contributed by atoms with van der Waals surface area (Å²) in [6, 6.07) is 22.7. The van der Waals surface area contributed by atoms with Crippen molar-refractivity contribution >= 4 is 48.2 Å². The van der Waals surface area contributed by atoms with E-state index in [0.717, 1.165) is 58.8 Å². The van der Waals surface area contributed by atoms with Crippen molar-refractivity contribution < 1.29 is 4.39 Å². The summed E-state index contributed by atoms with van der Waals surface area (Å²) in [4.78, 5) is 23.3. The maximum Gasteiger partial charge on any atom is 0.196 e. The van der Waals surface area contributed by atoms with E-state index in [-0.39, 0.29) is 11.2 Å². The van der Waals surface area contributed by atoms with Crippen LogP contribution >= 0.6 is 11.3 Å². The van der Waals surface area contributed by atoms with Gasteiger partial charge in [0, 0.05) is 48.2 Å². The number of hydrogen-bond acceptors (Lipinski definition) is 5. The van der Waals surface area contributed by atoms with Gasteiger partial charge in [0.05, 0.1) is 15.6 Å². The van der Waals surface area contributed by atoms with Crippen molar-refractivity contribution in [3.05, 3.63) is 94.4 Å². The van der Waals surface area contributed by atoms with Gasteiger partial charge in [0.15, 0.2) is 5.43 Å². The minimum Gasteiger partial charge on any atom is -0.353 e. The topological polar surface area (TPSA) is 36.4 Å². The number of rotatable bonds is 3. The second kappa shape index (κ2) is 8.21. The SMILES string of the molecule is O=c1c2cc(F)ccc2sc2c(N3CCN(Cc4ccccc4)CC3)nc3ccccc3c12. The molecule has 2 aromatic heterocycles. The van der Waals surface area contributed by atoms with Crippen LogP contribution in [-0.2, 0) is 6.54 Å². The molecular weight excluding hydrogens is 433 g/mol. The third-order valence-corrected chi connectivity index (χ3v) is 7.54. The van der Waals surface area contributed by atoms with Crippen LogP contribution in [0.25, 0.3) is 31.1 Å². The Hall–Kier alpha value is -3.35. The number of benzene rings is 3. The summed E-state index contributed by atoms with van der Waals surface area (Å²) in [6.45, 7) is 4.48. The Balaban J connectivity index is 1.44. The lowest BCUT2D eigenvalue weighted by Crippen LogP contribution is -2.46. The van der Waals surface area contributed by atoms with Crippen LogP contribution in [-0.4, -0.2) is 36.1 Å².